The van der Waals surface area contributed by atoms with Gasteiger partial charge >= 0.3 is 6.18 Å². The van der Waals surface area contributed by atoms with Crippen molar-refractivity contribution in [3.05, 3.63) is 77.8 Å². The van der Waals surface area contributed by atoms with Crippen molar-refractivity contribution in [2.24, 2.45) is 4.99 Å². The maximum atomic E-state index is 13.3. The first-order valence-electron chi connectivity index (χ1n) is 7.72. The van der Waals surface area contributed by atoms with Crippen LogP contribution in [0.4, 0.5) is 17.6 Å². The molecule has 27 heavy (non-hydrogen) atoms. The van der Waals surface area contributed by atoms with E-state index in [1.165, 1.54) is 48.9 Å². The first-order valence-corrected chi connectivity index (χ1v) is 7.72. The molecule has 0 bridgehead atoms. The number of benzene rings is 2. The quantitative estimate of drug-likeness (QED) is 0.824. The second-order valence-electron chi connectivity index (χ2n) is 5.50. The number of nitrogens with one attached hydrogen (secondary N) is 1. The molecule has 2 aromatic carbocycles. The highest BCUT2D eigenvalue weighted by molar-refractivity contribution is 5.94. The zero-order valence-corrected chi connectivity index (χ0v) is 13.7. The molecule has 0 saturated heterocycles. The molecule has 0 aromatic heterocycles. The number of rotatable bonds is 4. The van der Waals surface area contributed by atoms with Gasteiger partial charge in [0.05, 0.1) is 5.56 Å². The van der Waals surface area contributed by atoms with Gasteiger partial charge in [0, 0.05) is 11.8 Å². The summed E-state index contributed by atoms with van der Waals surface area (Å²) in [6.07, 6.45) is -1.40. The average molecular weight is 379 g/mol. The topological polar surface area (TPSA) is 53.9 Å². The highest BCUT2D eigenvalue weighted by Crippen LogP contribution is 2.31. The van der Waals surface area contributed by atoms with Gasteiger partial charge in [0.1, 0.15) is 17.9 Å². The molecule has 1 unspecified atom stereocenters. The molecular formula is C18H13F4N3O2. The summed E-state index contributed by atoms with van der Waals surface area (Å²) in [7, 11) is 0. The number of amides is 1. The van der Waals surface area contributed by atoms with Gasteiger partial charge in [-0.2, -0.15) is 13.2 Å². The lowest BCUT2D eigenvalue weighted by Gasteiger charge is -2.29. The number of hydrazine groups is 1. The van der Waals surface area contributed by atoms with Gasteiger partial charge in [-0.1, -0.05) is 12.1 Å². The van der Waals surface area contributed by atoms with Crippen LogP contribution in [0.5, 0.6) is 5.75 Å². The molecule has 0 radical (unpaired) electrons. The molecule has 0 aliphatic carbocycles. The van der Waals surface area contributed by atoms with Crippen LogP contribution in [0.2, 0.25) is 0 Å². The number of carbonyl (C=O) groups is 1. The van der Waals surface area contributed by atoms with Gasteiger partial charge in [0.2, 0.25) is 6.23 Å². The van der Waals surface area contributed by atoms with Gasteiger partial charge in [0.25, 0.3) is 5.91 Å². The molecule has 1 aliphatic heterocycles. The third-order valence-corrected chi connectivity index (χ3v) is 3.54. The summed E-state index contributed by atoms with van der Waals surface area (Å²) in [5.74, 6) is -1.25. The van der Waals surface area contributed by atoms with Crippen molar-refractivity contribution in [3.63, 3.8) is 0 Å². The molecule has 1 N–H and O–H groups in total. The largest absolute Gasteiger partial charge is 0.465 e. The molecule has 1 aliphatic rings. The Labute approximate surface area is 151 Å². The van der Waals surface area contributed by atoms with E-state index in [0.29, 0.717) is 0 Å². The summed E-state index contributed by atoms with van der Waals surface area (Å²) in [6.45, 7) is 0. The molecule has 0 spiro atoms. The Balaban J connectivity index is 1.74. The number of alkyl halides is 3. The van der Waals surface area contributed by atoms with Gasteiger partial charge in [-0.15, -0.1) is 0 Å². The van der Waals surface area contributed by atoms with Crippen molar-refractivity contribution in [1.29, 1.82) is 0 Å². The maximum absolute atomic E-state index is 13.3. The predicted molar refractivity (Wildman–Crippen MR) is 89.2 cm³/mol. The molecule has 0 saturated carbocycles. The predicted octanol–water partition coefficient (Wildman–Crippen LogP) is 3.75. The first-order chi connectivity index (χ1) is 12.8. The minimum Gasteiger partial charge on any atom is -0.465 e. The SMILES string of the molecule is O=C(NN1C=NC=CC1Oc1cccc(C(F)(F)F)c1)c1cccc(F)c1. The smallest absolute Gasteiger partial charge is 0.416 e. The highest BCUT2D eigenvalue weighted by atomic mass is 19.4. The van der Waals surface area contributed by atoms with Crippen LogP contribution in [0.1, 0.15) is 15.9 Å². The van der Waals surface area contributed by atoms with Crippen molar-refractivity contribution in [2.45, 2.75) is 12.4 Å². The van der Waals surface area contributed by atoms with Crippen LogP contribution in [-0.2, 0) is 6.18 Å². The third kappa shape index (κ3) is 4.63. The summed E-state index contributed by atoms with van der Waals surface area (Å²) >= 11 is 0. The van der Waals surface area contributed by atoms with Crippen molar-refractivity contribution < 1.29 is 27.1 Å². The third-order valence-electron chi connectivity index (χ3n) is 3.54. The Morgan fingerprint density at radius 2 is 1.93 bits per heavy atom. The number of halogens is 4. The van der Waals surface area contributed by atoms with Crippen LogP contribution in [0.15, 0.2) is 65.8 Å². The molecule has 0 fully saturated rings. The standard InChI is InChI=1S/C18H13F4N3O2/c19-14-5-1-3-12(9-14)17(26)24-25-11-23-8-7-16(25)27-15-6-2-4-13(10-15)18(20,21)22/h1-11,16H,(H,24,26). The summed E-state index contributed by atoms with van der Waals surface area (Å²) in [5, 5.41) is 1.16. The second kappa shape index (κ2) is 7.48. The number of ether oxygens (including phenoxy) is 1. The summed E-state index contributed by atoms with van der Waals surface area (Å²) in [5.41, 5.74) is 1.67. The van der Waals surface area contributed by atoms with E-state index in [4.69, 9.17) is 4.74 Å². The highest BCUT2D eigenvalue weighted by Gasteiger charge is 2.31. The number of hydrogen-bond donors (Lipinski definition) is 1. The summed E-state index contributed by atoms with van der Waals surface area (Å²) in [4.78, 5) is 16.1. The van der Waals surface area contributed by atoms with E-state index in [1.54, 1.807) is 0 Å². The molecule has 1 atom stereocenters. The molecular weight excluding hydrogens is 366 g/mol. The first kappa shape index (κ1) is 18.4. The van der Waals surface area contributed by atoms with Crippen LogP contribution in [0, 0.1) is 5.82 Å². The molecule has 3 rings (SSSR count). The van der Waals surface area contributed by atoms with E-state index in [1.807, 2.05) is 0 Å². The van der Waals surface area contributed by atoms with E-state index in [2.05, 4.69) is 10.4 Å². The van der Waals surface area contributed by atoms with Gasteiger partial charge in [-0.3, -0.25) is 10.2 Å². The average Bonchev–Trinajstić information content (AvgIpc) is 2.63. The fraction of sp³-hybridized carbons (Fsp3) is 0.111. The zero-order chi connectivity index (χ0) is 19.4. The summed E-state index contributed by atoms with van der Waals surface area (Å²) in [6, 6.07) is 9.40. The van der Waals surface area contributed by atoms with Gasteiger partial charge in [-0.25, -0.2) is 14.4 Å². The Bertz CT molecular complexity index is 896. The number of hydrogen-bond acceptors (Lipinski definition) is 4. The minimum absolute atomic E-state index is 0.0419. The number of nitrogens with zero attached hydrogens (tertiary/aromatic N) is 2. The summed E-state index contributed by atoms with van der Waals surface area (Å²) < 4.78 is 57.3. The molecule has 9 heteroatoms. The lowest BCUT2D eigenvalue weighted by Crippen LogP contribution is -2.50. The lowest BCUT2D eigenvalue weighted by molar-refractivity contribution is -0.137. The van der Waals surface area contributed by atoms with Crippen LogP contribution in [0.3, 0.4) is 0 Å². The minimum atomic E-state index is -4.51. The Kier molecular flexibility index (Phi) is 5.11. The van der Waals surface area contributed by atoms with Crippen LogP contribution in [-0.4, -0.2) is 23.5 Å². The second-order valence-corrected chi connectivity index (χ2v) is 5.50. The maximum Gasteiger partial charge on any atom is 0.416 e. The van der Waals surface area contributed by atoms with E-state index >= 15 is 0 Å². The normalized spacial score (nSPS) is 16.3. The Hall–Kier alpha value is -3.36. The van der Waals surface area contributed by atoms with Gasteiger partial charge < -0.3 is 4.74 Å². The monoisotopic (exact) mass is 379 g/mol. The zero-order valence-electron chi connectivity index (χ0n) is 13.7. The Morgan fingerprint density at radius 3 is 2.67 bits per heavy atom. The molecule has 1 heterocycles. The van der Waals surface area contributed by atoms with Crippen molar-refractivity contribution >= 4 is 12.2 Å². The lowest BCUT2D eigenvalue weighted by atomic mass is 10.2. The van der Waals surface area contributed by atoms with Gasteiger partial charge in [0.15, 0.2) is 0 Å². The molecule has 5 nitrogen and oxygen atoms in total. The van der Waals surface area contributed by atoms with Crippen molar-refractivity contribution in [2.75, 3.05) is 0 Å². The molecule has 2 aromatic rings. The Morgan fingerprint density at radius 1 is 1.15 bits per heavy atom. The van der Waals surface area contributed by atoms with E-state index in [0.717, 1.165) is 23.2 Å². The van der Waals surface area contributed by atoms with Crippen LogP contribution < -0.4 is 10.2 Å². The van der Waals surface area contributed by atoms with Crippen LogP contribution in [0.25, 0.3) is 0 Å². The fourth-order valence-corrected chi connectivity index (χ4v) is 2.28. The molecule has 1 amide bonds. The van der Waals surface area contributed by atoms with E-state index in [9.17, 15) is 22.4 Å². The van der Waals surface area contributed by atoms with E-state index in [-0.39, 0.29) is 11.3 Å². The van der Waals surface area contributed by atoms with Gasteiger partial charge in [-0.05, 0) is 42.5 Å². The fourth-order valence-electron chi connectivity index (χ4n) is 2.28. The number of carbonyl (C=O) groups excluding carboxylic acids is 1. The number of aliphatic imine (C=N–C) groups is 1. The molecule has 140 valence electrons. The van der Waals surface area contributed by atoms with Crippen molar-refractivity contribution in [3.8, 4) is 5.75 Å². The van der Waals surface area contributed by atoms with Crippen LogP contribution >= 0.6 is 0 Å². The van der Waals surface area contributed by atoms with Crippen molar-refractivity contribution in [1.82, 2.24) is 10.4 Å². The van der Waals surface area contributed by atoms with E-state index < -0.39 is 29.7 Å².